The van der Waals surface area contributed by atoms with Crippen LogP contribution in [0, 0.1) is 5.92 Å². The number of benzene rings is 1. The highest BCUT2D eigenvalue weighted by Gasteiger charge is 2.23. The minimum Gasteiger partial charge on any atom is -0.493 e. The third kappa shape index (κ3) is 3.45. The Morgan fingerprint density at radius 2 is 2.24 bits per heavy atom. The van der Waals surface area contributed by atoms with Crippen molar-refractivity contribution in [1.29, 1.82) is 0 Å². The second-order valence-electron chi connectivity index (χ2n) is 4.36. The lowest BCUT2D eigenvalue weighted by atomic mass is 10.1. The average Bonchev–Trinajstić information content (AvgIpc) is 3.11. The van der Waals surface area contributed by atoms with Crippen LogP contribution in [0.15, 0.2) is 18.2 Å². The van der Waals surface area contributed by atoms with Gasteiger partial charge in [0.05, 0.1) is 12.2 Å². The maximum atomic E-state index is 11.9. The van der Waals surface area contributed by atoms with Crippen LogP contribution in [0.1, 0.15) is 29.6 Å². The number of hydrogen-bond acceptors (Lipinski definition) is 3. The number of nitrogens with two attached hydrogens (primary N) is 1. The van der Waals surface area contributed by atoms with Gasteiger partial charge in [0, 0.05) is 11.4 Å². The van der Waals surface area contributed by atoms with Crippen molar-refractivity contribution in [2.75, 3.05) is 13.2 Å². The quantitative estimate of drug-likeness (QED) is 0.793. The fraction of sp³-hybridized carbons (Fsp3) is 0.462. The van der Waals surface area contributed by atoms with Crippen molar-refractivity contribution >= 4 is 17.4 Å². The SMILES string of the molecule is NCCC(=O)c1cc(Cl)ccc1OCC1CC1. The first-order valence-corrected chi connectivity index (χ1v) is 6.24. The Morgan fingerprint density at radius 3 is 2.88 bits per heavy atom. The molecular weight excluding hydrogens is 238 g/mol. The Bertz CT molecular complexity index is 416. The number of carbonyl (C=O) groups is 1. The normalized spacial score (nSPS) is 14.7. The molecule has 1 fully saturated rings. The highest BCUT2D eigenvalue weighted by Crippen LogP contribution is 2.31. The van der Waals surface area contributed by atoms with Crippen LogP contribution < -0.4 is 10.5 Å². The molecule has 0 spiro atoms. The molecule has 0 unspecified atom stereocenters. The molecule has 0 amide bonds. The highest BCUT2D eigenvalue weighted by atomic mass is 35.5. The zero-order chi connectivity index (χ0) is 12.3. The van der Waals surface area contributed by atoms with E-state index in [-0.39, 0.29) is 5.78 Å². The first-order valence-electron chi connectivity index (χ1n) is 5.86. The van der Waals surface area contributed by atoms with Gasteiger partial charge < -0.3 is 10.5 Å². The van der Waals surface area contributed by atoms with Gasteiger partial charge in [-0.3, -0.25) is 4.79 Å². The summed E-state index contributed by atoms with van der Waals surface area (Å²) in [6, 6.07) is 5.15. The van der Waals surface area contributed by atoms with Crippen molar-refractivity contribution in [3.63, 3.8) is 0 Å². The molecule has 0 saturated heterocycles. The molecular formula is C13H16ClNO2. The van der Waals surface area contributed by atoms with E-state index in [2.05, 4.69) is 0 Å². The second-order valence-corrected chi connectivity index (χ2v) is 4.79. The smallest absolute Gasteiger partial charge is 0.167 e. The summed E-state index contributed by atoms with van der Waals surface area (Å²) in [5.41, 5.74) is 5.94. The molecule has 2 N–H and O–H groups in total. The van der Waals surface area contributed by atoms with E-state index < -0.39 is 0 Å². The number of rotatable bonds is 6. The summed E-state index contributed by atoms with van der Waals surface area (Å²) in [6.07, 6.45) is 2.76. The third-order valence-electron chi connectivity index (χ3n) is 2.78. The lowest BCUT2D eigenvalue weighted by Crippen LogP contribution is -2.10. The summed E-state index contributed by atoms with van der Waals surface area (Å²) in [6.45, 7) is 1.03. The number of hydrogen-bond donors (Lipinski definition) is 1. The van der Waals surface area contributed by atoms with Crippen LogP contribution in [-0.4, -0.2) is 18.9 Å². The standard InChI is InChI=1S/C13H16ClNO2/c14-10-3-4-13(17-8-9-1-2-9)11(7-10)12(16)5-6-15/h3-4,7,9H,1-2,5-6,8,15H2. The van der Waals surface area contributed by atoms with E-state index in [1.807, 2.05) is 0 Å². The first-order chi connectivity index (χ1) is 8.20. The third-order valence-corrected chi connectivity index (χ3v) is 3.02. The minimum absolute atomic E-state index is 0.0132. The zero-order valence-corrected chi connectivity index (χ0v) is 10.4. The fourth-order valence-corrected chi connectivity index (χ4v) is 1.78. The van der Waals surface area contributed by atoms with Crippen molar-refractivity contribution in [3.05, 3.63) is 28.8 Å². The fourth-order valence-electron chi connectivity index (χ4n) is 1.60. The van der Waals surface area contributed by atoms with Crippen molar-refractivity contribution in [2.24, 2.45) is 11.7 Å². The molecule has 4 heteroatoms. The number of halogens is 1. The number of ether oxygens (including phenoxy) is 1. The predicted octanol–water partition coefficient (Wildman–Crippen LogP) is 2.66. The Morgan fingerprint density at radius 1 is 1.47 bits per heavy atom. The molecule has 0 radical (unpaired) electrons. The van der Waals surface area contributed by atoms with Crippen LogP contribution in [0.3, 0.4) is 0 Å². The maximum absolute atomic E-state index is 11.9. The van der Waals surface area contributed by atoms with Crippen molar-refractivity contribution < 1.29 is 9.53 Å². The van der Waals surface area contributed by atoms with Gasteiger partial charge in [-0.25, -0.2) is 0 Å². The lowest BCUT2D eigenvalue weighted by molar-refractivity contribution is 0.0981. The van der Waals surface area contributed by atoms with Crippen molar-refractivity contribution in [2.45, 2.75) is 19.3 Å². The molecule has 1 aliphatic carbocycles. The molecule has 1 saturated carbocycles. The molecule has 17 heavy (non-hydrogen) atoms. The van der Waals surface area contributed by atoms with E-state index in [1.54, 1.807) is 18.2 Å². The molecule has 1 aromatic rings. The van der Waals surface area contributed by atoms with E-state index in [0.717, 1.165) is 0 Å². The summed E-state index contributed by atoms with van der Waals surface area (Å²) in [7, 11) is 0. The topological polar surface area (TPSA) is 52.3 Å². The van der Waals surface area contributed by atoms with Gasteiger partial charge in [0.25, 0.3) is 0 Å². The first kappa shape index (κ1) is 12.4. The minimum atomic E-state index is -0.0132. The van der Waals surface area contributed by atoms with Crippen molar-refractivity contribution in [1.82, 2.24) is 0 Å². The molecule has 92 valence electrons. The lowest BCUT2D eigenvalue weighted by Gasteiger charge is -2.10. The van der Waals surface area contributed by atoms with Gasteiger partial charge in [0.1, 0.15) is 5.75 Å². The molecule has 0 heterocycles. The summed E-state index contributed by atoms with van der Waals surface area (Å²) < 4.78 is 5.66. The van der Waals surface area contributed by atoms with Gasteiger partial charge in [-0.2, -0.15) is 0 Å². The summed E-state index contributed by atoms with van der Waals surface area (Å²) in [4.78, 5) is 11.9. The van der Waals surface area contributed by atoms with Crippen LogP contribution >= 0.6 is 11.6 Å². The Balaban J connectivity index is 2.13. The molecule has 0 aliphatic heterocycles. The maximum Gasteiger partial charge on any atom is 0.167 e. The Hall–Kier alpha value is -1.06. The van der Waals surface area contributed by atoms with Crippen molar-refractivity contribution in [3.8, 4) is 5.75 Å². The van der Waals surface area contributed by atoms with Gasteiger partial charge >= 0.3 is 0 Å². The van der Waals surface area contributed by atoms with E-state index >= 15 is 0 Å². The Kier molecular flexibility index (Phi) is 4.02. The predicted molar refractivity (Wildman–Crippen MR) is 67.7 cm³/mol. The molecule has 0 aromatic heterocycles. The van der Waals surface area contributed by atoms with Gasteiger partial charge in [-0.15, -0.1) is 0 Å². The van der Waals surface area contributed by atoms with E-state index in [9.17, 15) is 4.79 Å². The van der Waals surface area contributed by atoms with E-state index in [0.29, 0.717) is 41.8 Å². The molecule has 3 nitrogen and oxygen atoms in total. The van der Waals surface area contributed by atoms with E-state index in [1.165, 1.54) is 12.8 Å². The molecule has 2 rings (SSSR count). The zero-order valence-electron chi connectivity index (χ0n) is 9.62. The number of ketones is 1. The molecule has 0 atom stereocenters. The summed E-state index contributed by atoms with van der Waals surface area (Å²) >= 11 is 5.90. The number of Topliss-reactive ketones (excluding diaryl/α,β-unsaturated/α-hetero) is 1. The van der Waals surface area contributed by atoms with Crippen LogP contribution in [0.25, 0.3) is 0 Å². The summed E-state index contributed by atoms with van der Waals surface area (Å²) in [5, 5.41) is 0.546. The van der Waals surface area contributed by atoms with E-state index in [4.69, 9.17) is 22.1 Å². The van der Waals surface area contributed by atoms with Crippen LogP contribution in [0.4, 0.5) is 0 Å². The van der Waals surface area contributed by atoms with Gasteiger partial charge in [0.2, 0.25) is 0 Å². The van der Waals surface area contributed by atoms with Crippen LogP contribution in [0.2, 0.25) is 5.02 Å². The molecule has 1 aliphatic rings. The largest absolute Gasteiger partial charge is 0.493 e. The monoisotopic (exact) mass is 253 g/mol. The van der Waals surface area contributed by atoms with Crippen LogP contribution in [-0.2, 0) is 0 Å². The molecule has 1 aromatic carbocycles. The average molecular weight is 254 g/mol. The van der Waals surface area contributed by atoms with Gasteiger partial charge in [-0.05, 0) is 43.5 Å². The highest BCUT2D eigenvalue weighted by molar-refractivity contribution is 6.31. The second kappa shape index (κ2) is 5.52. The van der Waals surface area contributed by atoms with Gasteiger partial charge in [0.15, 0.2) is 5.78 Å². The summed E-state index contributed by atoms with van der Waals surface area (Å²) in [5.74, 6) is 1.27. The van der Waals surface area contributed by atoms with Crippen LogP contribution in [0.5, 0.6) is 5.75 Å². The Labute approximate surface area is 106 Å². The number of carbonyl (C=O) groups excluding carboxylic acids is 1. The van der Waals surface area contributed by atoms with Gasteiger partial charge in [-0.1, -0.05) is 11.6 Å². The molecule has 0 bridgehead atoms.